The number of fused-ring (bicyclic) bond motifs is 3. The number of aliphatic hydroxyl groups is 1. The molecule has 4 heteroatoms. The van der Waals surface area contributed by atoms with E-state index in [1.165, 1.54) is 5.57 Å². The Morgan fingerprint density at radius 2 is 2.17 bits per heavy atom. The highest BCUT2D eigenvalue weighted by molar-refractivity contribution is 5.88. The van der Waals surface area contributed by atoms with Gasteiger partial charge in [-0.1, -0.05) is 23.8 Å². The molecule has 2 aromatic rings. The summed E-state index contributed by atoms with van der Waals surface area (Å²) in [6.45, 7) is 7.82. The van der Waals surface area contributed by atoms with Gasteiger partial charge in [-0.2, -0.15) is 0 Å². The molecule has 1 aliphatic heterocycles. The fourth-order valence-electron chi connectivity index (χ4n) is 3.26. The topological polar surface area (TPSA) is 59.7 Å². The lowest BCUT2D eigenvalue weighted by Crippen LogP contribution is -2.42. The molecule has 0 fully saturated rings. The maximum absolute atomic E-state index is 12.3. The molecule has 3 rings (SSSR count). The van der Waals surface area contributed by atoms with Crippen LogP contribution >= 0.6 is 0 Å². The Morgan fingerprint density at radius 3 is 2.88 bits per heavy atom. The molecule has 1 aromatic carbocycles. The molecular weight excluding hydrogens is 304 g/mol. The van der Waals surface area contributed by atoms with Crippen molar-refractivity contribution >= 4 is 11.0 Å². The lowest BCUT2D eigenvalue weighted by molar-refractivity contribution is -0.0429. The molecule has 24 heavy (non-hydrogen) atoms. The molecule has 1 aromatic heterocycles. The number of allylic oxidation sites excluding steroid dienone is 2. The summed E-state index contributed by atoms with van der Waals surface area (Å²) in [7, 11) is 0. The number of ether oxygens (including phenoxy) is 1. The molecule has 0 radical (unpaired) electrons. The average molecular weight is 328 g/mol. The van der Waals surface area contributed by atoms with Gasteiger partial charge < -0.3 is 14.3 Å². The van der Waals surface area contributed by atoms with Crippen LogP contribution < -0.4 is 10.4 Å². The summed E-state index contributed by atoms with van der Waals surface area (Å²) in [6, 6.07) is 5.59. The SMILES string of the molecule is CC(C)=CCCC(C)(O)[C@H]1Cc2c(c3c(C)cccc3oc2=O)O1. The Morgan fingerprint density at radius 1 is 1.42 bits per heavy atom. The van der Waals surface area contributed by atoms with E-state index in [0.717, 1.165) is 17.4 Å². The Bertz CT molecular complexity index is 854. The fourth-order valence-corrected chi connectivity index (χ4v) is 3.26. The van der Waals surface area contributed by atoms with E-state index < -0.39 is 11.7 Å². The smallest absolute Gasteiger partial charge is 0.343 e. The molecule has 0 aliphatic carbocycles. The molecule has 1 N–H and O–H groups in total. The van der Waals surface area contributed by atoms with E-state index >= 15 is 0 Å². The van der Waals surface area contributed by atoms with Gasteiger partial charge in [0.2, 0.25) is 0 Å². The predicted octanol–water partition coefficient (Wildman–Crippen LogP) is 3.90. The van der Waals surface area contributed by atoms with Gasteiger partial charge in [-0.05, 0) is 52.2 Å². The third-order valence-electron chi connectivity index (χ3n) is 4.73. The van der Waals surface area contributed by atoms with Gasteiger partial charge in [0.1, 0.15) is 17.4 Å². The summed E-state index contributed by atoms with van der Waals surface area (Å²) < 4.78 is 11.5. The van der Waals surface area contributed by atoms with Crippen LogP contribution in [-0.2, 0) is 6.42 Å². The molecule has 128 valence electrons. The summed E-state index contributed by atoms with van der Waals surface area (Å²) in [5.41, 5.74) is 1.91. The monoisotopic (exact) mass is 328 g/mol. The van der Waals surface area contributed by atoms with Gasteiger partial charge >= 0.3 is 5.63 Å². The highest BCUT2D eigenvalue weighted by atomic mass is 16.5. The van der Waals surface area contributed by atoms with Crippen LogP contribution in [-0.4, -0.2) is 16.8 Å². The molecule has 2 heterocycles. The normalized spacial score (nSPS) is 18.8. The maximum atomic E-state index is 12.3. The van der Waals surface area contributed by atoms with Crippen molar-refractivity contribution in [2.24, 2.45) is 0 Å². The van der Waals surface area contributed by atoms with Crippen LogP contribution in [0.15, 0.2) is 39.1 Å². The first-order valence-electron chi connectivity index (χ1n) is 8.37. The molecule has 0 bridgehead atoms. The number of rotatable bonds is 4. The molecule has 4 nitrogen and oxygen atoms in total. The average Bonchev–Trinajstić information content (AvgIpc) is 2.93. The van der Waals surface area contributed by atoms with Gasteiger partial charge in [-0.15, -0.1) is 0 Å². The van der Waals surface area contributed by atoms with Crippen LogP contribution in [0.3, 0.4) is 0 Å². The van der Waals surface area contributed by atoms with Crippen LogP contribution in [0, 0.1) is 6.92 Å². The fraction of sp³-hybridized carbons (Fsp3) is 0.450. The van der Waals surface area contributed by atoms with Crippen molar-refractivity contribution < 1.29 is 14.3 Å². The van der Waals surface area contributed by atoms with Crippen molar-refractivity contribution in [1.82, 2.24) is 0 Å². The van der Waals surface area contributed by atoms with E-state index in [-0.39, 0.29) is 5.63 Å². The highest BCUT2D eigenvalue weighted by Crippen LogP contribution is 2.39. The van der Waals surface area contributed by atoms with Crippen LogP contribution in [0.25, 0.3) is 11.0 Å². The standard InChI is InChI=1S/C20H24O4/c1-12(2)7-6-10-20(4,22)16-11-14-18(24-16)17-13(3)8-5-9-15(17)23-19(14)21/h5,7-9,16,22H,6,10-11H2,1-4H3/t16-,20?/m1/s1. The lowest BCUT2D eigenvalue weighted by atomic mass is 9.90. The largest absolute Gasteiger partial charge is 0.486 e. The lowest BCUT2D eigenvalue weighted by Gasteiger charge is -2.29. The molecular formula is C20H24O4. The minimum Gasteiger partial charge on any atom is -0.486 e. The van der Waals surface area contributed by atoms with E-state index in [9.17, 15) is 9.90 Å². The van der Waals surface area contributed by atoms with E-state index in [0.29, 0.717) is 29.7 Å². The molecule has 0 saturated carbocycles. The van der Waals surface area contributed by atoms with Crippen LogP contribution in [0.4, 0.5) is 0 Å². The van der Waals surface area contributed by atoms with Gasteiger partial charge in [-0.3, -0.25) is 0 Å². The Balaban J connectivity index is 1.94. The van der Waals surface area contributed by atoms with Gasteiger partial charge in [0, 0.05) is 6.42 Å². The van der Waals surface area contributed by atoms with Gasteiger partial charge in [0.25, 0.3) is 0 Å². The van der Waals surface area contributed by atoms with E-state index in [1.807, 2.05) is 32.9 Å². The van der Waals surface area contributed by atoms with E-state index in [2.05, 4.69) is 6.08 Å². The van der Waals surface area contributed by atoms with Crippen molar-refractivity contribution in [2.45, 2.75) is 58.7 Å². The third-order valence-corrected chi connectivity index (χ3v) is 4.73. The first-order valence-corrected chi connectivity index (χ1v) is 8.37. The van der Waals surface area contributed by atoms with Crippen LogP contribution in [0.5, 0.6) is 5.75 Å². The second kappa shape index (κ2) is 6.10. The first-order chi connectivity index (χ1) is 11.3. The van der Waals surface area contributed by atoms with Crippen molar-refractivity contribution in [2.75, 3.05) is 0 Å². The number of hydrogen-bond acceptors (Lipinski definition) is 4. The molecule has 2 atom stereocenters. The molecule has 1 unspecified atom stereocenters. The summed E-state index contributed by atoms with van der Waals surface area (Å²) in [5.74, 6) is 0.576. The third kappa shape index (κ3) is 2.98. The van der Waals surface area contributed by atoms with Crippen LogP contribution in [0.1, 0.15) is 44.7 Å². The zero-order valence-electron chi connectivity index (χ0n) is 14.7. The van der Waals surface area contributed by atoms with Crippen molar-refractivity contribution in [3.8, 4) is 5.75 Å². The Labute approximate surface area is 141 Å². The minimum atomic E-state index is -1.01. The second-order valence-electron chi connectivity index (χ2n) is 7.13. The zero-order chi connectivity index (χ0) is 17.5. The van der Waals surface area contributed by atoms with Gasteiger partial charge in [0.05, 0.1) is 16.6 Å². The maximum Gasteiger partial charge on any atom is 0.343 e. The predicted molar refractivity (Wildman–Crippen MR) is 94.6 cm³/mol. The van der Waals surface area contributed by atoms with Crippen molar-refractivity contribution in [3.63, 3.8) is 0 Å². The zero-order valence-corrected chi connectivity index (χ0v) is 14.7. The summed E-state index contributed by atoms with van der Waals surface area (Å²) >= 11 is 0. The van der Waals surface area contributed by atoms with E-state index in [4.69, 9.17) is 9.15 Å². The van der Waals surface area contributed by atoms with E-state index in [1.54, 1.807) is 13.0 Å². The summed E-state index contributed by atoms with van der Waals surface area (Å²) in [5, 5.41) is 11.7. The summed E-state index contributed by atoms with van der Waals surface area (Å²) in [6.07, 6.45) is 3.40. The van der Waals surface area contributed by atoms with Crippen molar-refractivity contribution in [1.29, 1.82) is 0 Å². The number of hydrogen-bond donors (Lipinski definition) is 1. The molecule has 0 amide bonds. The Hall–Kier alpha value is -2.07. The molecule has 1 aliphatic rings. The van der Waals surface area contributed by atoms with Gasteiger partial charge in [0.15, 0.2) is 0 Å². The van der Waals surface area contributed by atoms with Gasteiger partial charge in [-0.25, -0.2) is 4.79 Å². The number of aryl methyl sites for hydroxylation is 1. The highest BCUT2D eigenvalue weighted by Gasteiger charge is 2.40. The molecule has 0 saturated heterocycles. The second-order valence-corrected chi connectivity index (χ2v) is 7.13. The Kier molecular flexibility index (Phi) is 4.26. The molecule has 0 spiro atoms. The minimum absolute atomic E-state index is 0.370. The first kappa shape index (κ1) is 16.8. The summed E-state index contributed by atoms with van der Waals surface area (Å²) in [4.78, 5) is 12.3. The quantitative estimate of drug-likeness (QED) is 0.683. The number of benzene rings is 1. The van der Waals surface area contributed by atoms with Crippen molar-refractivity contribution in [3.05, 3.63) is 51.4 Å². The van der Waals surface area contributed by atoms with Crippen LogP contribution in [0.2, 0.25) is 0 Å².